The van der Waals surface area contributed by atoms with E-state index in [1.807, 2.05) is 39.1 Å². The highest BCUT2D eigenvalue weighted by Gasteiger charge is 2.22. The van der Waals surface area contributed by atoms with E-state index in [0.717, 1.165) is 30.4 Å². The number of hydrogen-bond acceptors (Lipinski definition) is 3. The molecule has 0 N–H and O–H groups in total. The zero-order valence-corrected chi connectivity index (χ0v) is 11.2. The minimum absolute atomic E-state index is 0.235. The summed E-state index contributed by atoms with van der Waals surface area (Å²) in [6, 6.07) is 3.73. The van der Waals surface area contributed by atoms with Crippen LogP contribution in [0.3, 0.4) is 0 Å². The lowest BCUT2D eigenvalue weighted by atomic mass is 10.1. The van der Waals surface area contributed by atoms with Gasteiger partial charge in [0.1, 0.15) is 11.8 Å². The second-order valence-electron chi connectivity index (χ2n) is 4.93. The molecule has 1 aliphatic rings. The van der Waals surface area contributed by atoms with Crippen molar-refractivity contribution in [1.29, 1.82) is 0 Å². The van der Waals surface area contributed by atoms with Gasteiger partial charge in [0.2, 0.25) is 0 Å². The molecule has 0 aliphatic carbocycles. The third-order valence-electron chi connectivity index (χ3n) is 3.18. The van der Waals surface area contributed by atoms with Gasteiger partial charge in [-0.15, -0.1) is 0 Å². The molecule has 1 unspecified atom stereocenters. The van der Waals surface area contributed by atoms with Crippen molar-refractivity contribution in [2.45, 2.75) is 46.1 Å². The molecule has 1 aromatic rings. The van der Waals surface area contributed by atoms with E-state index in [2.05, 4.69) is 4.99 Å². The van der Waals surface area contributed by atoms with Gasteiger partial charge in [0.05, 0.1) is 0 Å². The van der Waals surface area contributed by atoms with E-state index in [4.69, 9.17) is 4.74 Å². The van der Waals surface area contributed by atoms with E-state index >= 15 is 0 Å². The van der Waals surface area contributed by atoms with E-state index in [-0.39, 0.29) is 12.0 Å². The Morgan fingerprint density at radius 2 is 1.94 bits per heavy atom. The largest absolute Gasteiger partial charge is 0.424 e. The van der Waals surface area contributed by atoms with Gasteiger partial charge in [0, 0.05) is 0 Å². The van der Waals surface area contributed by atoms with E-state index in [0.29, 0.717) is 5.75 Å². The Kier molecular flexibility index (Phi) is 3.80. The molecule has 0 saturated heterocycles. The van der Waals surface area contributed by atoms with Crippen LogP contribution in [0.4, 0.5) is 0 Å². The summed E-state index contributed by atoms with van der Waals surface area (Å²) in [5.41, 5.74) is 3.18. The van der Waals surface area contributed by atoms with Crippen LogP contribution in [0.1, 0.15) is 36.0 Å². The topological polar surface area (TPSA) is 38.7 Å². The average Bonchev–Trinajstić information content (AvgIpc) is 2.34. The lowest BCUT2D eigenvalue weighted by molar-refractivity contribution is -0.136. The van der Waals surface area contributed by atoms with E-state index in [1.165, 1.54) is 5.56 Å². The van der Waals surface area contributed by atoms with Crippen LogP contribution in [-0.2, 0) is 4.79 Å². The Morgan fingerprint density at radius 1 is 1.28 bits per heavy atom. The summed E-state index contributed by atoms with van der Waals surface area (Å²) in [6.07, 6.45) is 4.59. The van der Waals surface area contributed by atoms with Crippen LogP contribution in [-0.4, -0.2) is 18.2 Å². The van der Waals surface area contributed by atoms with Crippen molar-refractivity contribution >= 4 is 12.2 Å². The fraction of sp³-hybridized carbons (Fsp3) is 0.467. The molecule has 18 heavy (non-hydrogen) atoms. The molecular formula is C15H19NO2. The maximum Gasteiger partial charge on any atom is 0.336 e. The van der Waals surface area contributed by atoms with E-state index < -0.39 is 0 Å². The summed E-state index contributed by atoms with van der Waals surface area (Å²) < 4.78 is 5.52. The highest BCUT2D eigenvalue weighted by atomic mass is 16.5. The van der Waals surface area contributed by atoms with Crippen LogP contribution >= 0.6 is 0 Å². The highest BCUT2D eigenvalue weighted by Crippen LogP contribution is 2.25. The number of esters is 1. The number of aliphatic imine (C=N–C) groups is 1. The first-order valence-electron chi connectivity index (χ1n) is 6.39. The number of carbonyl (C=O) groups is 1. The fourth-order valence-corrected chi connectivity index (χ4v) is 2.35. The lowest BCUT2D eigenvalue weighted by Crippen LogP contribution is -2.26. The van der Waals surface area contributed by atoms with Gasteiger partial charge in [0.25, 0.3) is 0 Å². The maximum absolute atomic E-state index is 12.0. The molecule has 2 rings (SSSR count). The van der Waals surface area contributed by atoms with Gasteiger partial charge in [0.15, 0.2) is 0 Å². The summed E-state index contributed by atoms with van der Waals surface area (Å²) in [5.74, 6) is 0.451. The fourth-order valence-electron chi connectivity index (χ4n) is 2.35. The van der Waals surface area contributed by atoms with Crippen LogP contribution in [0.2, 0.25) is 0 Å². The predicted molar refractivity (Wildman–Crippen MR) is 72.4 cm³/mol. The first kappa shape index (κ1) is 12.8. The minimum atomic E-state index is -0.321. The zero-order valence-electron chi connectivity index (χ0n) is 11.2. The van der Waals surface area contributed by atoms with Crippen molar-refractivity contribution in [1.82, 2.24) is 0 Å². The number of hydrogen-bond donors (Lipinski definition) is 0. The van der Waals surface area contributed by atoms with Crippen molar-refractivity contribution < 1.29 is 9.53 Å². The van der Waals surface area contributed by atoms with Crippen molar-refractivity contribution in [3.05, 3.63) is 28.8 Å². The van der Waals surface area contributed by atoms with Gasteiger partial charge >= 0.3 is 5.97 Å². The Morgan fingerprint density at radius 3 is 2.50 bits per heavy atom. The Hall–Kier alpha value is -1.64. The molecule has 96 valence electrons. The summed E-state index contributed by atoms with van der Waals surface area (Å²) in [5, 5.41) is 0. The molecule has 0 saturated carbocycles. The first-order chi connectivity index (χ1) is 8.58. The third-order valence-corrected chi connectivity index (χ3v) is 3.18. The lowest BCUT2D eigenvalue weighted by Gasteiger charge is -2.17. The molecule has 3 nitrogen and oxygen atoms in total. The van der Waals surface area contributed by atoms with Gasteiger partial charge in [-0.2, -0.15) is 0 Å². The summed E-state index contributed by atoms with van der Waals surface area (Å²) in [7, 11) is 0. The number of rotatable bonds is 2. The predicted octanol–water partition coefficient (Wildman–Crippen LogP) is 3.14. The SMILES string of the molecule is Cc1cc(C)c(OC(=O)C2CCCC=N2)c(C)c1. The van der Waals surface area contributed by atoms with Gasteiger partial charge in [-0.05, 0) is 57.4 Å². The van der Waals surface area contributed by atoms with E-state index in [9.17, 15) is 4.79 Å². The van der Waals surface area contributed by atoms with Crippen LogP contribution in [0.5, 0.6) is 5.75 Å². The summed E-state index contributed by atoms with van der Waals surface area (Å²) in [4.78, 5) is 16.2. The van der Waals surface area contributed by atoms with Crippen molar-refractivity contribution in [3.63, 3.8) is 0 Å². The van der Waals surface area contributed by atoms with E-state index in [1.54, 1.807) is 0 Å². The number of nitrogens with zero attached hydrogens (tertiary/aromatic N) is 1. The van der Waals surface area contributed by atoms with Crippen molar-refractivity contribution in [2.24, 2.45) is 4.99 Å². The van der Waals surface area contributed by atoms with Gasteiger partial charge < -0.3 is 4.74 Å². The Labute approximate surface area is 108 Å². The third kappa shape index (κ3) is 2.78. The molecule has 3 heteroatoms. The van der Waals surface area contributed by atoms with Gasteiger partial charge in [-0.1, -0.05) is 17.7 Å². The normalized spacial score (nSPS) is 18.7. The second-order valence-corrected chi connectivity index (χ2v) is 4.93. The quantitative estimate of drug-likeness (QED) is 0.593. The van der Waals surface area contributed by atoms with Crippen LogP contribution in [0, 0.1) is 20.8 Å². The maximum atomic E-state index is 12.0. The van der Waals surface area contributed by atoms with Crippen molar-refractivity contribution in [3.8, 4) is 5.75 Å². The minimum Gasteiger partial charge on any atom is -0.424 e. The Balaban J connectivity index is 2.16. The van der Waals surface area contributed by atoms with Gasteiger partial charge in [-0.25, -0.2) is 4.79 Å². The van der Waals surface area contributed by atoms with Crippen LogP contribution in [0.15, 0.2) is 17.1 Å². The Bertz CT molecular complexity index is 468. The molecule has 0 bridgehead atoms. The molecule has 1 heterocycles. The monoisotopic (exact) mass is 245 g/mol. The molecule has 0 spiro atoms. The molecular weight excluding hydrogens is 226 g/mol. The average molecular weight is 245 g/mol. The standard InChI is InChI=1S/C15H19NO2/c1-10-8-11(2)14(12(3)9-10)18-15(17)13-6-4-5-7-16-13/h7-9,13H,4-6H2,1-3H3. The number of benzene rings is 1. The zero-order chi connectivity index (χ0) is 13.1. The molecule has 0 amide bonds. The highest BCUT2D eigenvalue weighted by molar-refractivity contribution is 5.81. The van der Waals surface area contributed by atoms with Crippen LogP contribution < -0.4 is 4.74 Å². The van der Waals surface area contributed by atoms with Gasteiger partial charge in [-0.3, -0.25) is 4.99 Å². The van der Waals surface area contributed by atoms with Crippen molar-refractivity contribution in [2.75, 3.05) is 0 Å². The molecule has 1 atom stereocenters. The molecule has 1 aromatic carbocycles. The number of carbonyl (C=O) groups excluding carboxylic acids is 1. The van der Waals surface area contributed by atoms with Crippen LogP contribution in [0.25, 0.3) is 0 Å². The summed E-state index contributed by atoms with van der Waals surface area (Å²) >= 11 is 0. The number of ether oxygens (including phenoxy) is 1. The second kappa shape index (κ2) is 5.34. The molecule has 1 aliphatic heterocycles. The number of aryl methyl sites for hydroxylation is 3. The molecule has 0 aromatic heterocycles. The smallest absolute Gasteiger partial charge is 0.336 e. The summed E-state index contributed by atoms with van der Waals surface area (Å²) in [6.45, 7) is 5.97. The first-order valence-corrected chi connectivity index (χ1v) is 6.39. The molecule has 0 radical (unpaired) electrons. The molecule has 0 fully saturated rings.